The second-order valence-electron chi connectivity index (χ2n) is 5.55. The molecular weight excluding hydrogens is 330 g/mol. The first kappa shape index (κ1) is 16.3. The average Bonchev–Trinajstić information content (AvgIpc) is 3.01. The second kappa shape index (κ2) is 6.16. The molecule has 126 valence electrons. The summed E-state index contributed by atoms with van der Waals surface area (Å²) in [5, 5.41) is 0. The van der Waals surface area contributed by atoms with E-state index >= 15 is 0 Å². The molecular formula is C17H17NO5S. The normalized spacial score (nSPS) is 13.4. The van der Waals surface area contributed by atoms with Gasteiger partial charge in [0.15, 0.2) is 5.75 Å². The van der Waals surface area contributed by atoms with Crippen LogP contribution in [0.1, 0.15) is 27.9 Å². The van der Waals surface area contributed by atoms with Crippen molar-refractivity contribution in [2.75, 3.05) is 7.11 Å². The fraction of sp³-hybridized carbons (Fsp3) is 0.235. The third-order valence-corrected chi connectivity index (χ3v) is 5.24. The van der Waals surface area contributed by atoms with Crippen LogP contribution in [0.5, 0.6) is 11.5 Å². The quantitative estimate of drug-likeness (QED) is 0.835. The molecule has 0 saturated heterocycles. The Bertz CT molecular complexity index is 905. The zero-order valence-electron chi connectivity index (χ0n) is 13.1. The zero-order valence-corrected chi connectivity index (χ0v) is 13.9. The maximum Gasteiger partial charge on any atom is 0.339 e. The van der Waals surface area contributed by atoms with Gasteiger partial charge in [0.2, 0.25) is 0 Å². The molecule has 0 bridgehead atoms. The highest BCUT2D eigenvalue weighted by Crippen LogP contribution is 2.29. The largest absolute Gasteiger partial charge is 0.497 e. The Labute approximate surface area is 140 Å². The van der Waals surface area contributed by atoms with Crippen LogP contribution in [0.3, 0.4) is 0 Å². The van der Waals surface area contributed by atoms with Crippen molar-refractivity contribution in [1.29, 1.82) is 0 Å². The van der Waals surface area contributed by atoms with Crippen LogP contribution in [0.25, 0.3) is 0 Å². The van der Waals surface area contributed by atoms with E-state index in [2.05, 4.69) is 0 Å². The van der Waals surface area contributed by atoms with Gasteiger partial charge in [0.25, 0.3) is 5.91 Å². The summed E-state index contributed by atoms with van der Waals surface area (Å²) in [7, 11) is -2.65. The lowest BCUT2D eigenvalue weighted by atomic mass is 10.1. The van der Waals surface area contributed by atoms with Crippen LogP contribution in [0.2, 0.25) is 0 Å². The Morgan fingerprint density at radius 1 is 1.08 bits per heavy atom. The van der Waals surface area contributed by atoms with Crippen LogP contribution < -0.4 is 14.7 Å². The number of hydrogen-bond acceptors (Lipinski definition) is 5. The number of amides is 1. The number of ether oxygens (including phenoxy) is 1. The van der Waals surface area contributed by atoms with Gasteiger partial charge in [-0.3, -0.25) is 4.79 Å². The first-order chi connectivity index (χ1) is 11.4. The number of primary amides is 1. The molecule has 7 heteroatoms. The predicted molar refractivity (Wildman–Crippen MR) is 87.8 cm³/mol. The van der Waals surface area contributed by atoms with Crippen LogP contribution in [0, 0.1) is 0 Å². The van der Waals surface area contributed by atoms with E-state index in [1.54, 1.807) is 12.1 Å². The molecule has 1 aliphatic rings. The van der Waals surface area contributed by atoms with Gasteiger partial charge in [-0.1, -0.05) is 6.07 Å². The van der Waals surface area contributed by atoms with Gasteiger partial charge < -0.3 is 14.7 Å². The summed E-state index contributed by atoms with van der Waals surface area (Å²) < 4.78 is 35.3. The van der Waals surface area contributed by atoms with Gasteiger partial charge in [-0.15, -0.1) is 0 Å². The Balaban J connectivity index is 1.99. The summed E-state index contributed by atoms with van der Waals surface area (Å²) in [6.07, 6.45) is 2.82. The fourth-order valence-corrected chi connectivity index (χ4v) is 3.76. The van der Waals surface area contributed by atoms with Crippen LogP contribution in [-0.2, 0) is 23.0 Å². The Hall–Kier alpha value is -2.54. The topological polar surface area (TPSA) is 95.7 Å². The van der Waals surface area contributed by atoms with E-state index in [4.69, 9.17) is 14.7 Å². The summed E-state index contributed by atoms with van der Waals surface area (Å²) in [5.41, 5.74) is 7.43. The molecule has 2 aromatic rings. The summed E-state index contributed by atoms with van der Waals surface area (Å²) in [6.45, 7) is 0. The maximum absolute atomic E-state index is 12.6. The van der Waals surface area contributed by atoms with E-state index in [9.17, 15) is 13.2 Å². The third-order valence-electron chi connectivity index (χ3n) is 4.01. The summed E-state index contributed by atoms with van der Waals surface area (Å²) in [6, 6.07) is 9.15. The third kappa shape index (κ3) is 3.07. The highest BCUT2D eigenvalue weighted by atomic mass is 32.2. The minimum absolute atomic E-state index is 0.0273. The number of nitrogens with two attached hydrogens (primary N) is 1. The molecule has 0 spiro atoms. The molecule has 6 nitrogen and oxygen atoms in total. The van der Waals surface area contributed by atoms with Crippen molar-refractivity contribution >= 4 is 16.0 Å². The number of hydrogen-bond donors (Lipinski definition) is 1. The van der Waals surface area contributed by atoms with Gasteiger partial charge in [0, 0.05) is 6.07 Å². The van der Waals surface area contributed by atoms with Crippen LogP contribution >= 0.6 is 0 Å². The highest BCUT2D eigenvalue weighted by Gasteiger charge is 2.23. The number of benzene rings is 2. The van der Waals surface area contributed by atoms with Crippen molar-refractivity contribution in [3.05, 3.63) is 53.1 Å². The van der Waals surface area contributed by atoms with Crippen LogP contribution in [-0.4, -0.2) is 21.4 Å². The molecule has 0 aliphatic heterocycles. The Kier molecular flexibility index (Phi) is 4.19. The number of rotatable bonds is 5. The number of methoxy groups -OCH3 is 1. The van der Waals surface area contributed by atoms with Crippen molar-refractivity contribution in [3.8, 4) is 11.5 Å². The summed E-state index contributed by atoms with van der Waals surface area (Å²) in [4.78, 5) is 11.6. The molecule has 2 N–H and O–H groups in total. The molecule has 0 heterocycles. The Morgan fingerprint density at radius 3 is 2.54 bits per heavy atom. The maximum atomic E-state index is 12.6. The number of aryl methyl sites for hydroxylation is 2. The molecule has 0 radical (unpaired) electrons. The molecule has 0 atom stereocenters. The van der Waals surface area contributed by atoms with Crippen molar-refractivity contribution < 1.29 is 22.1 Å². The predicted octanol–water partition coefficient (Wildman–Crippen LogP) is 2.05. The van der Waals surface area contributed by atoms with E-state index in [1.165, 1.54) is 31.4 Å². The van der Waals surface area contributed by atoms with Crippen molar-refractivity contribution in [1.82, 2.24) is 0 Å². The highest BCUT2D eigenvalue weighted by molar-refractivity contribution is 7.87. The zero-order chi connectivity index (χ0) is 17.3. The molecule has 0 fully saturated rings. The lowest BCUT2D eigenvalue weighted by molar-refractivity contribution is 0.0999. The molecule has 24 heavy (non-hydrogen) atoms. The molecule has 1 aliphatic carbocycles. The van der Waals surface area contributed by atoms with Crippen LogP contribution in [0.15, 0.2) is 41.3 Å². The van der Waals surface area contributed by atoms with Gasteiger partial charge in [-0.2, -0.15) is 8.42 Å². The van der Waals surface area contributed by atoms with E-state index in [0.717, 1.165) is 30.4 Å². The molecule has 0 aromatic heterocycles. The lowest BCUT2D eigenvalue weighted by Crippen LogP contribution is -2.16. The standard InChI is InChI=1S/C17H17NO5S/c1-22-13-6-8-15(17(18)19)16(10-13)23-24(20,21)14-7-5-11-3-2-4-12(11)9-14/h5-10H,2-4H2,1H3,(H2,18,19). The van der Waals surface area contributed by atoms with E-state index in [1.807, 2.05) is 0 Å². The lowest BCUT2D eigenvalue weighted by Gasteiger charge is -2.12. The molecule has 1 amide bonds. The fourth-order valence-electron chi connectivity index (χ4n) is 2.77. The van der Waals surface area contributed by atoms with Crippen molar-refractivity contribution in [2.45, 2.75) is 24.2 Å². The second-order valence-corrected chi connectivity index (χ2v) is 7.09. The van der Waals surface area contributed by atoms with Gasteiger partial charge in [0.1, 0.15) is 10.6 Å². The van der Waals surface area contributed by atoms with Crippen molar-refractivity contribution in [3.63, 3.8) is 0 Å². The molecule has 3 rings (SSSR count). The Morgan fingerprint density at radius 2 is 1.83 bits per heavy atom. The van der Waals surface area contributed by atoms with Gasteiger partial charge in [0.05, 0.1) is 12.7 Å². The number of fused-ring (bicyclic) bond motifs is 1. The van der Waals surface area contributed by atoms with Crippen molar-refractivity contribution in [2.24, 2.45) is 5.73 Å². The van der Waals surface area contributed by atoms with E-state index in [0.29, 0.717) is 5.75 Å². The molecule has 0 saturated carbocycles. The number of carbonyl (C=O) groups is 1. The van der Waals surface area contributed by atoms with Gasteiger partial charge in [-0.05, 0) is 54.7 Å². The van der Waals surface area contributed by atoms with Crippen LogP contribution in [0.4, 0.5) is 0 Å². The van der Waals surface area contributed by atoms with E-state index < -0.39 is 16.0 Å². The number of carbonyl (C=O) groups excluding carboxylic acids is 1. The molecule has 2 aromatic carbocycles. The minimum Gasteiger partial charge on any atom is -0.497 e. The SMILES string of the molecule is COc1ccc(C(N)=O)c(OS(=O)(=O)c2ccc3c(c2)CCC3)c1. The first-order valence-corrected chi connectivity index (χ1v) is 8.85. The summed E-state index contributed by atoms with van der Waals surface area (Å²) >= 11 is 0. The minimum atomic E-state index is -4.08. The average molecular weight is 347 g/mol. The smallest absolute Gasteiger partial charge is 0.339 e. The first-order valence-electron chi connectivity index (χ1n) is 7.45. The van der Waals surface area contributed by atoms with Gasteiger partial charge in [-0.25, -0.2) is 0 Å². The molecule has 0 unspecified atom stereocenters. The monoisotopic (exact) mass is 347 g/mol. The van der Waals surface area contributed by atoms with Gasteiger partial charge >= 0.3 is 10.1 Å². The van der Waals surface area contributed by atoms with E-state index in [-0.39, 0.29) is 16.2 Å². The summed E-state index contributed by atoms with van der Waals surface area (Å²) in [5.74, 6) is -0.571.